The van der Waals surface area contributed by atoms with E-state index in [0.717, 1.165) is 17.5 Å². The summed E-state index contributed by atoms with van der Waals surface area (Å²) in [5.74, 6) is -0.346. The predicted octanol–water partition coefficient (Wildman–Crippen LogP) is 2.72. The Bertz CT molecular complexity index is 747. The normalized spacial score (nSPS) is 12.7. The summed E-state index contributed by atoms with van der Waals surface area (Å²) in [6.07, 6.45) is 5.30. The SMILES string of the molecule is C[SiH](C)c1cccc(C(N)=O)c1-c1cccc2c1C=CC2. The van der Waals surface area contributed by atoms with Crippen molar-refractivity contribution >= 4 is 26.0 Å². The molecule has 2 N–H and O–H groups in total. The van der Waals surface area contributed by atoms with Gasteiger partial charge in [0.25, 0.3) is 0 Å². The van der Waals surface area contributed by atoms with Crippen LogP contribution in [0.3, 0.4) is 0 Å². The van der Waals surface area contributed by atoms with Crippen LogP contribution in [0.25, 0.3) is 17.2 Å². The monoisotopic (exact) mass is 293 g/mol. The maximum Gasteiger partial charge on any atom is 0.249 e. The van der Waals surface area contributed by atoms with Gasteiger partial charge in [0.2, 0.25) is 5.91 Å². The van der Waals surface area contributed by atoms with E-state index in [0.29, 0.717) is 5.56 Å². The van der Waals surface area contributed by atoms with E-state index in [2.05, 4.69) is 49.5 Å². The fourth-order valence-corrected chi connectivity index (χ4v) is 4.45. The number of carbonyl (C=O) groups is 1. The summed E-state index contributed by atoms with van der Waals surface area (Å²) in [6.45, 7) is 4.56. The molecule has 0 bridgehead atoms. The highest BCUT2D eigenvalue weighted by Gasteiger charge is 2.20. The first-order valence-electron chi connectivity index (χ1n) is 7.31. The molecule has 21 heavy (non-hydrogen) atoms. The Labute approximate surface area is 126 Å². The van der Waals surface area contributed by atoms with E-state index < -0.39 is 8.80 Å². The lowest BCUT2D eigenvalue weighted by Gasteiger charge is -2.18. The van der Waals surface area contributed by atoms with Crippen LogP contribution in [0.1, 0.15) is 21.5 Å². The zero-order valence-electron chi connectivity index (χ0n) is 12.4. The number of primary amides is 1. The molecule has 2 aromatic carbocycles. The van der Waals surface area contributed by atoms with Crippen molar-refractivity contribution in [2.75, 3.05) is 0 Å². The largest absolute Gasteiger partial charge is 0.366 e. The number of hydrogen-bond donors (Lipinski definition) is 1. The summed E-state index contributed by atoms with van der Waals surface area (Å²) < 4.78 is 0. The Hall–Kier alpha value is -2.13. The predicted molar refractivity (Wildman–Crippen MR) is 91.6 cm³/mol. The third kappa shape index (κ3) is 2.34. The molecule has 106 valence electrons. The first-order valence-corrected chi connectivity index (χ1v) is 10.2. The maximum atomic E-state index is 11.9. The van der Waals surface area contributed by atoms with Gasteiger partial charge in [-0.1, -0.05) is 60.8 Å². The Morgan fingerprint density at radius 2 is 1.90 bits per heavy atom. The molecular formula is C18H19NOSi. The Morgan fingerprint density at radius 1 is 1.14 bits per heavy atom. The molecule has 0 heterocycles. The Morgan fingerprint density at radius 3 is 2.62 bits per heavy atom. The van der Waals surface area contributed by atoms with Gasteiger partial charge in [-0.3, -0.25) is 4.79 Å². The minimum Gasteiger partial charge on any atom is -0.366 e. The van der Waals surface area contributed by atoms with Crippen molar-refractivity contribution in [1.29, 1.82) is 0 Å². The molecule has 0 atom stereocenters. The molecule has 0 aliphatic heterocycles. The lowest BCUT2D eigenvalue weighted by atomic mass is 9.93. The standard InChI is InChI=1S/C18H19NOSi/c1-21(2)16-11-5-10-15(18(19)20)17(16)14-9-4-7-12-6-3-8-13(12)14/h3-5,7-11,21H,6H2,1-2H3,(H2,19,20). The van der Waals surface area contributed by atoms with E-state index in [1.165, 1.54) is 16.3 Å². The van der Waals surface area contributed by atoms with Gasteiger partial charge in [0.05, 0.1) is 8.80 Å². The average Bonchev–Trinajstić information content (AvgIpc) is 2.94. The molecule has 0 fully saturated rings. The summed E-state index contributed by atoms with van der Waals surface area (Å²) in [7, 11) is -1.07. The number of fused-ring (bicyclic) bond motifs is 1. The summed E-state index contributed by atoms with van der Waals surface area (Å²) in [4.78, 5) is 11.9. The fraction of sp³-hybridized carbons (Fsp3) is 0.167. The summed E-state index contributed by atoms with van der Waals surface area (Å²) in [5, 5.41) is 1.31. The second kappa shape index (κ2) is 5.33. The molecule has 2 aromatic rings. The first-order chi connectivity index (χ1) is 10.1. The molecule has 3 rings (SSSR count). The van der Waals surface area contributed by atoms with Gasteiger partial charge in [0.1, 0.15) is 0 Å². The highest BCUT2D eigenvalue weighted by Crippen LogP contribution is 2.32. The number of benzene rings is 2. The number of allylic oxidation sites excluding steroid dienone is 1. The minimum absolute atomic E-state index is 0.346. The smallest absolute Gasteiger partial charge is 0.249 e. The Balaban J connectivity index is 2.34. The van der Waals surface area contributed by atoms with Gasteiger partial charge in [-0.25, -0.2) is 0 Å². The zero-order valence-corrected chi connectivity index (χ0v) is 13.5. The molecule has 0 aromatic heterocycles. The molecule has 1 aliphatic carbocycles. The topological polar surface area (TPSA) is 43.1 Å². The third-order valence-corrected chi connectivity index (χ3v) is 5.80. The highest BCUT2D eigenvalue weighted by molar-refractivity contribution is 6.72. The van der Waals surface area contributed by atoms with Crippen molar-refractivity contribution in [2.45, 2.75) is 19.5 Å². The number of nitrogens with two attached hydrogens (primary N) is 1. The van der Waals surface area contributed by atoms with E-state index >= 15 is 0 Å². The minimum atomic E-state index is -1.07. The quantitative estimate of drug-likeness (QED) is 0.869. The van der Waals surface area contributed by atoms with Crippen LogP contribution in [0.15, 0.2) is 42.5 Å². The van der Waals surface area contributed by atoms with Crippen LogP contribution in [0.4, 0.5) is 0 Å². The molecule has 1 amide bonds. The van der Waals surface area contributed by atoms with Crippen molar-refractivity contribution in [2.24, 2.45) is 5.73 Å². The van der Waals surface area contributed by atoms with E-state index in [-0.39, 0.29) is 5.91 Å². The van der Waals surface area contributed by atoms with Crippen LogP contribution < -0.4 is 10.9 Å². The molecule has 0 saturated carbocycles. The van der Waals surface area contributed by atoms with Gasteiger partial charge in [-0.15, -0.1) is 0 Å². The van der Waals surface area contributed by atoms with Crippen LogP contribution in [0.2, 0.25) is 13.1 Å². The second-order valence-electron chi connectivity index (χ2n) is 5.77. The van der Waals surface area contributed by atoms with Gasteiger partial charge < -0.3 is 5.73 Å². The van der Waals surface area contributed by atoms with E-state index in [1.54, 1.807) is 0 Å². The molecule has 0 radical (unpaired) electrons. The average molecular weight is 293 g/mol. The number of hydrogen-bond acceptors (Lipinski definition) is 1. The number of carbonyl (C=O) groups excluding carboxylic acids is 1. The lowest BCUT2D eigenvalue weighted by Crippen LogP contribution is -2.28. The maximum absolute atomic E-state index is 11.9. The van der Waals surface area contributed by atoms with Crippen molar-refractivity contribution in [3.8, 4) is 11.1 Å². The Kier molecular flexibility index (Phi) is 3.51. The summed E-state index contributed by atoms with van der Waals surface area (Å²) in [5.41, 5.74) is 11.0. The second-order valence-corrected chi connectivity index (χ2v) is 8.71. The molecule has 0 saturated heterocycles. The van der Waals surface area contributed by atoms with E-state index in [1.807, 2.05) is 12.1 Å². The fourth-order valence-electron chi connectivity index (χ4n) is 3.07. The first kappa shape index (κ1) is 13.8. The van der Waals surface area contributed by atoms with Gasteiger partial charge >= 0.3 is 0 Å². The third-order valence-electron chi connectivity index (χ3n) is 4.07. The molecule has 0 spiro atoms. The van der Waals surface area contributed by atoms with Crippen molar-refractivity contribution in [1.82, 2.24) is 0 Å². The molecule has 0 unspecified atom stereocenters. The molecule has 2 nitrogen and oxygen atoms in total. The molecular weight excluding hydrogens is 274 g/mol. The van der Waals surface area contributed by atoms with E-state index in [9.17, 15) is 4.79 Å². The van der Waals surface area contributed by atoms with Crippen molar-refractivity contribution in [3.63, 3.8) is 0 Å². The van der Waals surface area contributed by atoms with Crippen LogP contribution in [-0.4, -0.2) is 14.7 Å². The van der Waals surface area contributed by atoms with Gasteiger partial charge in [-0.05, 0) is 34.7 Å². The van der Waals surface area contributed by atoms with Crippen LogP contribution in [0.5, 0.6) is 0 Å². The van der Waals surface area contributed by atoms with E-state index in [4.69, 9.17) is 5.73 Å². The lowest BCUT2D eigenvalue weighted by molar-refractivity contribution is 0.100. The van der Waals surface area contributed by atoms with Gasteiger partial charge in [0.15, 0.2) is 0 Å². The zero-order chi connectivity index (χ0) is 15.0. The van der Waals surface area contributed by atoms with Gasteiger partial charge in [0, 0.05) is 5.56 Å². The highest BCUT2D eigenvalue weighted by atomic mass is 28.3. The number of amides is 1. The van der Waals surface area contributed by atoms with Crippen molar-refractivity contribution in [3.05, 3.63) is 59.2 Å². The number of rotatable bonds is 3. The molecule has 1 aliphatic rings. The summed E-state index contributed by atoms with van der Waals surface area (Å²) >= 11 is 0. The van der Waals surface area contributed by atoms with Crippen LogP contribution >= 0.6 is 0 Å². The summed E-state index contributed by atoms with van der Waals surface area (Å²) in [6, 6.07) is 12.3. The molecule has 3 heteroatoms. The van der Waals surface area contributed by atoms with Gasteiger partial charge in [-0.2, -0.15) is 0 Å². The van der Waals surface area contributed by atoms with Crippen molar-refractivity contribution < 1.29 is 4.79 Å². The van der Waals surface area contributed by atoms with Crippen LogP contribution in [-0.2, 0) is 6.42 Å². The van der Waals surface area contributed by atoms with Crippen LogP contribution in [0, 0.1) is 0 Å².